The molecule has 0 aliphatic rings. The lowest BCUT2D eigenvalue weighted by Gasteiger charge is -1.96. The molecule has 0 radical (unpaired) electrons. The number of fused-ring (bicyclic) bond motifs is 1. The minimum absolute atomic E-state index is 0.449. The van der Waals surface area contributed by atoms with Gasteiger partial charge < -0.3 is 9.73 Å². The highest BCUT2D eigenvalue weighted by molar-refractivity contribution is 6.30. The minimum Gasteiger partial charge on any atom is -0.444 e. The number of aryl methyl sites for hydroxylation is 1. The molecule has 0 saturated heterocycles. The Morgan fingerprint density at radius 2 is 2.32 bits per heavy atom. The van der Waals surface area contributed by atoms with Crippen molar-refractivity contribution in [2.45, 2.75) is 19.9 Å². The van der Waals surface area contributed by atoms with Crippen molar-refractivity contribution in [3.8, 4) is 0 Å². The van der Waals surface area contributed by atoms with Crippen molar-refractivity contribution in [1.82, 2.24) is 19.6 Å². The van der Waals surface area contributed by atoms with Crippen molar-refractivity contribution in [1.29, 1.82) is 0 Å². The number of oxazole rings is 1. The van der Waals surface area contributed by atoms with Gasteiger partial charge in [0.1, 0.15) is 5.76 Å². The third kappa shape index (κ3) is 2.53. The summed E-state index contributed by atoms with van der Waals surface area (Å²) in [6.45, 7) is 2.47. The first kappa shape index (κ1) is 12.0. The Morgan fingerprint density at radius 1 is 1.42 bits per heavy atom. The molecule has 3 heterocycles. The van der Waals surface area contributed by atoms with E-state index >= 15 is 0 Å². The average molecular weight is 278 g/mol. The molecule has 0 fully saturated rings. The second-order valence-corrected chi connectivity index (χ2v) is 4.45. The molecule has 0 bridgehead atoms. The van der Waals surface area contributed by atoms with Crippen LogP contribution in [-0.4, -0.2) is 19.6 Å². The van der Waals surface area contributed by atoms with Gasteiger partial charge in [-0.1, -0.05) is 18.5 Å². The summed E-state index contributed by atoms with van der Waals surface area (Å²) in [5.74, 6) is 2.00. The van der Waals surface area contributed by atoms with Crippen LogP contribution in [0.5, 0.6) is 0 Å². The van der Waals surface area contributed by atoms with E-state index < -0.39 is 0 Å². The van der Waals surface area contributed by atoms with Crippen molar-refractivity contribution in [2.24, 2.45) is 0 Å². The van der Waals surface area contributed by atoms with Crippen LogP contribution in [0.15, 0.2) is 28.9 Å². The molecule has 6 nitrogen and oxygen atoms in total. The van der Waals surface area contributed by atoms with E-state index in [4.69, 9.17) is 16.0 Å². The standard InChI is InChI=1S/C12H12ClN5O/c1-2-9-5-14-11(19-9)6-15-12-16-10-4-3-8(13)7-18(10)17-12/h3-5,7H,2,6H2,1H3,(H,15,17). The summed E-state index contributed by atoms with van der Waals surface area (Å²) in [4.78, 5) is 8.47. The first-order chi connectivity index (χ1) is 9.24. The molecule has 19 heavy (non-hydrogen) atoms. The Labute approximate surface area is 114 Å². The molecule has 0 amide bonds. The van der Waals surface area contributed by atoms with E-state index in [-0.39, 0.29) is 0 Å². The predicted molar refractivity (Wildman–Crippen MR) is 71.2 cm³/mol. The highest BCUT2D eigenvalue weighted by Crippen LogP contribution is 2.12. The van der Waals surface area contributed by atoms with Gasteiger partial charge in [-0.15, -0.1) is 5.10 Å². The minimum atomic E-state index is 0.449. The molecule has 0 saturated carbocycles. The van der Waals surface area contributed by atoms with E-state index in [0.29, 0.717) is 23.4 Å². The Kier molecular flexibility index (Phi) is 3.08. The maximum absolute atomic E-state index is 5.89. The molecule has 0 aliphatic heterocycles. The van der Waals surface area contributed by atoms with Gasteiger partial charge in [-0.3, -0.25) is 0 Å². The smallest absolute Gasteiger partial charge is 0.243 e. The zero-order valence-electron chi connectivity index (χ0n) is 10.3. The number of hydrogen-bond acceptors (Lipinski definition) is 5. The van der Waals surface area contributed by atoms with Gasteiger partial charge in [0.05, 0.1) is 17.8 Å². The van der Waals surface area contributed by atoms with E-state index in [1.807, 2.05) is 6.92 Å². The molecule has 7 heteroatoms. The summed E-state index contributed by atoms with van der Waals surface area (Å²) in [6.07, 6.45) is 4.27. The molecule has 98 valence electrons. The largest absolute Gasteiger partial charge is 0.444 e. The summed E-state index contributed by atoms with van der Waals surface area (Å²) in [5.41, 5.74) is 0.730. The molecule has 0 aliphatic carbocycles. The van der Waals surface area contributed by atoms with Crippen LogP contribution in [0.1, 0.15) is 18.6 Å². The van der Waals surface area contributed by atoms with E-state index in [2.05, 4.69) is 20.4 Å². The summed E-state index contributed by atoms with van der Waals surface area (Å²) < 4.78 is 7.11. The zero-order chi connectivity index (χ0) is 13.2. The van der Waals surface area contributed by atoms with Crippen molar-refractivity contribution < 1.29 is 4.42 Å². The zero-order valence-corrected chi connectivity index (χ0v) is 11.1. The van der Waals surface area contributed by atoms with E-state index in [1.54, 1.807) is 29.0 Å². The predicted octanol–water partition coefficient (Wildman–Crippen LogP) is 2.55. The van der Waals surface area contributed by atoms with E-state index in [1.165, 1.54) is 0 Å². The van der Waals surface area contributed by atoms with Crippen LogP contribution in [0.25, 0.3) is 5.65 Å². The number of halogens is 1. The van der Waals surface area contributed by atoms with Crippen LogP contribution in [0.3, 0.4) is 0 Å². The molecule has 3 aromatic rings. The lowest BCUT2D eigenvalue weighted by Crippen LogP contribution is -2.01. The van der Waals surface area contributed by atoms with Crippen molar-refractivity contribution in [3.05, 3.63) is 41.2 Å². The highest BCUT2D eigenvalue weighted by Gasteiger charge is 2.06. The Bertz CT molecular complexity index is 705. The van der Waals surface area contributed by atoms with Crippen molar-refractivity contribution >= 4 is 23.2 Å². The quantitative estimate of drug-likeness (QED) is 0.794. The molecular weight excluding hydrogens is 266 g/mol. The van der Waals surface area contributed by atoms with Crippen LogP contribution in [-0.2, 0) is 13.0 Å². The molecule has 0 spiro atoms. The molecular formula is C12H12ClN5O. The fraction of sp³-hybridized carbons (Fsp3) is 0.250. The Morgan fingerprint density at radius 3 is 3.11 bits per heavy atom. The van der Waals surface area contributed by atoms with Crippen LogP contribution < -0.4 is 5.32 Å². The molecule has 0 aromatic carbocycles. The van der Waals surface area contributed by atoms with Crippen molar-refractivity contribution in [3.63, 3.8) is 0 Å². The second kappa shape index (κ2) is 4.89. The first-order valence-electron chi connectivity index (χ1n) is 5.94. The van der Waals surface area contributed by atoms with Crippen LogP contribution in [0.2, 0.25) is 5.02 Å². The fourth-order valence-electron chi connectivity index (χ4n) is 1.68. The number of pyridine rings is 1. The number of nitrogens with zero attached hydrogens (tertiary/aromatic N) is 4. The summed E-state index contributed by atoms with van der Waals surface area (Å²) in [5, 5.41) is 7.94. The molecule has 3 rings (SSSR count). The van der Waals surface area contributed by atoms with Gasteiger partial charge in [0.15, 0.2) is 5.65 Å². The van der Waals surface area contributed by atoms with Crippen LogP contribution >= 0.6 is 11.6 Å². The van der Waals surface area contributed by atoms with Crippen LogP contribution in [0, 0.1) is 0 Å². The summed E-state index contributed by atoms with van der Waals surface area (Å²) >= 11 is 5.89. The summed E-state index contributed by atoms with van der Waals surface area (Å²) in [6, 6.07) is 3.58. The monoisotopic (exact) mass is 277 g/mol. The van der Waals surface area contributed by atoms with Crippen molar-refractivity contribution in [2.75, 3.05) is 5.32 Å². The molecule has 0 atom stereocenters. The number of hydrogen-bond donors (Lipinski definition) is 1. The van der Waals surface area contributed by atoms with Gasteiger partial charge in [0, 0.05) is 12.6 Å². The molecule has 0 unspecified atom stereocenters. The normalized spacial score (nSPS) is 11.1. The number of anilines is 1. The third-order valence-corrected chi connectivity index (χ3v) is 2.87. The number of rotatable bonds is 4. The van der Waals surface area contributed by atoms with Gasteiger partial charge in [-0.05, 0) is 12.1 Å². The van der Waals surface area contributed by atoms with Gasteiger partial charge in [0.2, 0.25) is 11.8 Å². The van der Waals surface area contributed by atoms with Gasteiger partial charge in [0.25, 0.3) is 0 Å². The lowest BCUT2D eigenvalue weighted by molar-refractivity contribution is 0.465. The average Bonchev–Trinajstić information content (AvgIpc) is 3.01. The van der Waals surface area contributed by atoms with Crippen LogP contribution in [0.4, 0.5) is 5.95 Å². The van der Waals surface area contributed by atoms with E-state index in [0.717, 1.165) is 17.8 Å². The van der Waals surface area contributed by atoms with Gasteiger partial charge >= 0.3 is 0 Å². The molecule has 3 aromatic heterocycles. The Hall–Kier alpha value is -2.08. The van der Waals surface area contributed by atoms with E-state index in [9.17, 15) is 0 Å². The third-order valence-electron chi connectivity index (χ3n) is 2.64. The topological polar surface area (TPSA) is 68.2 Å². The number of nitrogens with one attached hydrogen (secondary N) is 1. The SMILES string of the molecule is CCc1cnc(CNc2nc3ccc(Cl)cn3n2)o1. The Balaban J connectivity index is 1.74. The van der Waals surface area contributed by atoms with Gasteiger partial charge in [-0.25, -0.2) is 9.50 Å². The second-order valence-electron chi connectivity index (χ2n) is 4.01. The fourth-order valence-corrected chi connectivity index (χ4v) is 1.84. The maximum atomic E-state index is 5.89. The molecule has 1 N–H and O–H groups in total. The van der Waals surface area contributed by atoms with Gasteiger partial charge in [-0.2, -0.15) is 4.98 Å². The number of aromatic nitrogens is 4. The maximum Gasteiger partial charge on any atom is 0.243 e. The highest BCUT2D eigenvalue weighted by atomic mass is 35.5. The lowest BCUT2D eigenvalue weighted by atomic mass is 10.4. The first-order valence-corrected chi connectivity index (χ1v) is 6.32. The summed E-state index contributed by atoms with van der Waals surface area (Å²) in [7, 11) is 0.